The highest BCUT2D eigenvalue weighted by atomic mass is 19.1. The monoisotopic (exact) mass is 286 g/mol. The molecular weight excluding hydrogens is 263 g/mol. The van der Waals surface area contributed by atoms with Gasteiger partial charge in [0.15, 0.2) is 0 Å². The minimum atomic E-state index is -0.193. The molecule has 2 aromatic rings. The minimum absolute atomic E-state index is 0.193. The molecule has 0 aromatic heterocycles. The van der Waals surface area contributed by atoms with Gasteiger partial charge < -0.3 is 10.2 Å². The second-order valence-electron chi connectivity index (χ2n) is 5.68. The molecule has 2 aromatic carbocycles. The summed E-state index contributed by atoms with van der Waals surface area (Å²) >= 11 is 0. The highest BCUT2D eigenvalue weighted by molar-refractivity contribution is 5.66. The lowest BCUT2D eigenvalue weighted by atomic mass is 10.1. The van der Waals surface area contributed by atoms with Crippen LogP contribution in [0.2, 0.25) is 0 Å². The van der Waals surface area contributed by atoms with E-state index in [1.54, 1.807) is 6.07 Å². The Morgan fingerprint density at radius 3 is 2.38 bits per heavy atom. The van der Waals surface area contributed by atoms with E-state index in [0.29, 0.717) is 18.3 Å². The number of nitrogens with one attached hydrogen (secondary N) is 1. The smallest absolute Gasteiger partial charge is 0.147 e. The first-order chi connectivity index (χ1) is 9.99. The molecule has 0 saturated carbocycles. The maximum Gasteiger partial charge on any atom is 0.147 e. The lowest BCUT2D eigenvalue weighted by Gasteiger charge is -2.24. The molecule has 3 heteroatoms. The van der Waals surface area contributed by atoms with Crippen LogP contribution in [0.3, 0.4) is 0 Å². The highest BCUT2D eigenvalue weighted by Gasteiger charge is 2.14. The first-order valence-corrected chi connectivity index (χ1v) is 7.30. The van der Waals surface area contributed by atoms with Crippen LogP contribution in [0.4, 0.5) is 15.8 Å². The van der Waals surface area contributed by atoms with E-state index in [2.05, 4.69) is 19.2 Å². The lowest BCUT2D eigenvalue weighted by molar-refractivity contribution is 0.582. The summed E-state index contributed by atoms with van der Waals surface area (Å²) in [5.74, 6) is -0.193. The summed E-state index contributed by atoms with van der Waals surface area (Å²) in [6.07, 6.45) is 0. The molecule has 0 saturated heterocycles. The van der Waals surface area contributed by atoms with Gasteiger partial charge in [0.2, 0.25) is 0 Å². The SMILES string of the molecule is Cc1ccc(N(C)c2c(F)cccc2CNC(C)C)cc1. The number of aryl methyl sites for hydroxylation is 1. The molecule has 21 heavy (non-hydrogen) atoms. The van der Waals surface area contributed by atoms with E-state index in [1.807, 2.05) is 49.2 Å². The second kappa shape index (κ2) is 6.72. The Balaban J connectivity index is 2.34. The van der Waals surface area contributed by atoms with Crippen LogP contribution in [0, 0.1) is 12.7 Å². The minimum Gasteiger partial charge on any atom is -0.342 e. The molecule has 0 radical (unpaired) electrons. The quantitative estimate of drug-likeness (QED) is 0.876. The van der Waals surface area contributed by atoms with Crippen molar-refractivity contribution in [2.45, 2.75) is 33.4 Å². The number of hydrogen-bond acceptors (Lipinski definition) is 2. The maximum absolute atomic E-state index is 14.3. The van der Waals surface area contributed by atoms with Gasteiger partial charge in [-0.15, -0.1) is 0 Å². The van der Waals surface area contributed by atoms with Crippen LogP contribution in [0.1, 0.15) is 25.0 Å². The highest BCUT2D eigenvalue weighted by Crippen LogP contribution is 2.30. The normalized spacial score (nSPS) is 11.0. The van der Waals surface area contributed by atoms with Gasteiger partial charge in [-0.3, -0.25) is 0 Å². The second-order valence-corrected chi connectivity index (χ2v) is 5.68. The predicted molar refractivity (Wildman–Crippen MR) is 87.6 cm³/mol. The van der Waals surface area contributed by atoms with Crippen LogP contribution in [0.25, 0.3) is 0 Å². The third kappa shape index (κ3) is 3.82. The Hall–Kier alpha value is -1.87. The number of rotatable bonds is 5. The number of anilines is 2. The molecule has 0 heterocycles. The molecule has 0 amide bonds. The molecule has 0 fully saturated rings. The zero-order valence-corrected chi connectivity index (χ0v) is 13.2. The van der Waals surface area contributed by atoms with Crippen molar-refractivity contribution in [2.24, 2.45) is 0 Å². The molecule has 0 aliphatic rings. The Kier molecular flexibility index (Phi) is 4.97. The summed E-state index contributed by atoms with van der Waals surface area (Å²) < 4.78 is 14.3. The van der Waals surface area contributed by atoms with Crippen LogP contribution in [0.5, 0.6) is 0 Å². The molecule has 2 nitrogen and oxygen atoms in total. The van der Waals surface area contributed by atoms with Crippen LogP contribution < -0.4 is 10.2 Å². The molecule has 0 bridgehead atoms. The van der Waals surface area contributed by atoms with Gasteiger partial charge in [-0.05, 0) is 30.7 Å². The number of benzene rings is 2. The van der Waals surface area contributed by atoms with E-state index < -0.39 is 0 Å². The first kappa shape index (κ1) is 15.5. The molecule has 2 rings (SSSR count). The van der Waals surface area contributed by atoms with Crippen LogP contribution >= 0.6 is 0 Å². The van der Waals surface area contributed by atoms with Gasteiger partial charge in [-0.25, -0.2) is 4.39 Å². The fourth-order valence-electron chi connectivity index (χ4n) is 2.29. The molecule has 0 aliphatic heterocycles. The third-order valence-electron chi connectivity index (χ3n) is 3.53. The van der Waals surface area contributed by atoms with E-state index in [1.165, 1.54) is 11.6 Å². The summed E-state index contributed by atoms with van der Waals surface area (Å²) in [5.41, 5.74) is 3.78. The predicted octanol–water partition coefficient (Wildman–Crippen LogP) is 4.40. The van der Waals surface area contributed by atoms with E-state index in [4.69, 9.17) is 0 Å². The fourth-order valence-corrected chi connectivity index (χ4v) is 2.29. The van der Waals surface area contributed by atoms with E-state index in [9.17, 15) is 4.39 Å². The van der Waals surface area contributed by atoms with Crippen molar-refractivity contribution in [1.82, 2.24) is 5.32 Å². The van der Waals surface area contributed by atoms with Gasteiger partial charge in [0.05, 0.1) is 5.69 Å². The van der Waals surface area contributed by atoms with Crippen molar-refractivity contribution in [3.05, 3.63) is 59.4 Å². The Labute approximate surface area is 126 Å². The average Bonchev–Trinajstić information content (AvgIpc) is 2.45. The van der Waals surface area contributed by atoms with Crippen molar-refractivity contribution in [3.8, 4) is 0 Å². The standard InChI is InChI=1S/C18H23FN2/c1-13(2)20-12-15-6-5-7-17(19)18(15)21(4)16-10-8-14(3)9-11-16/h5-11,13,20H,12H2,1-4H3. The van der Waals surface area contributed by atoms with Gasteiger partial charge in [-0.1, -0.05) is 43.7 Å². The zero-order chi connectivity index (χ0) is 15.4. The van der Waals surface area contributed by atoms with Gasteiger partial charge in [0, 0.05) is 25.3 Å². The van der Waals surface area contributed by atoms with Crippen molar-refractivity contribution in [2.75, 3.05) is 11.9 Å². The van der Waals surface area contributed by atoms with Crippen LogP contribution in [-0.2, 0) is 6.54 Å². The molecule has 0 unspecified atom stereocenters. The number of hydrogen-bond donors (Lipinski definition) is 1. The molecule has 112 valence electrons. The van der Waals surface area contributed by atoms with Gasteiger partial charge in [0.1, 0.15) is 5.82 Å². The fraction of sp³-hybridized carbons (Fsp3) is 0.333. The summed E-state index contributed by atoms with van der Waals surface area (Å²) in [6, 6.07) is 13.7. The van der Waals surface area contributed by atoms with E-state index in [0.717, 1.165) is 11.3 Å². The molecule has 0 spiro atoms. The summed E-state index contributed by atoms with van der Waals surface area (Å²) in [4.78, 5) is 1.91. The van der Waals surface area contributed by atoms with Crippen molar-refractivity contribution in [3.63, 3.8) is 0 Å². The van der Waals surface area contributed by atoms with Gasteiger partial charge in [-0.2, -0.15) is 0 Å². The Morgan fingerprint density at radius 2 is 1.76 bits per heavy atom. The maximum atomic E-state index is 14.3. The van der Waals surface area contributed by atoms with Crippen LogP contribution in [-0.4, -0.2) is 13.1 Å². The van der Waals surface area contributed by atoms with Gasteiger partial charge >= 0.3 is 0 Å². The number of halogens is 1. The summed E-state index contributed by atoms with van der Waals surface area (Å²) in [6.45, 7) is 6.87. The average molecular weight is 286 g/mol. The van der Waals surface area contributed by atoms with Crippen molar-refractivity contribution < 1.29 is 4.39 Å². The van der Waals surface area contributed by atoms with E-state index in [-0.39, 0.29) is 5.82 Å². The third-order valence-corrected chi connectivity index (χ3v) is 3.53. The number of nitrogens with zero attached hydrogens (tertiary/aromatic N) is 1. The molecule has 0 atom stereocenters. The van der Waals surface area contributed by atoms with Crippen molar-refractivity contribution >= 4 is 11.4 Å². The van der Waals surface area contributed by atoms with Crippen molar-refractivity contribution in [1.29, 1.82) is 0 Å². The molecule has 1 N–H and O–H groups in total. The summed E-state index contributed by atoms with van der Waals surface area (Å²) in [7, 11) is 1.90. The first-order valence-electron chi connectivity index (χ1n) is 7.30. The Bertz CT molecular complexity index is 591. The lowest BCUT2D eigenvalue weighted by Crippen LogP contribution is -2.24. The van der Waals surface area contributed by atoms with E-state index >= 15 is 0 Å². The molecule has 0 aliphatic carbocycles. The number of para-hydroxylation sites is 1. The molecular formula is C18H23FN2. The van der Waals surface area contributed by atoms with Gasteiger partial charge in [0.25, 0.3) is 0 Å². The largest absolute Gasteiger partial charge is 0.342 e. The van der Waals surface area contributed by atoms with Crippen LogP contribution in [0.15, 0.2) is 42.5 Å². The zero-order valence-electron chi connectivity index (χ0n) is 13.2. The topological polar surface area (TPSA) is 15.3 Å². The summed E-state index contributed by atoms with van der Waals surface area (Å²) in [5, 5.41) is 3.35. The Morgan fingerprint density at radius 1 is 1.10 bits per heavy atom.